The lowest BCUT2D eigenvalue weighted by Gasteiger charge is -2.11. The lowest BCUT2D eigenvalue weighted by molar-refractivity contribution is -0.121. The van der Waals surface area contributed by atoms with Gasteiger partial charge in [0.15, 0.2) is 11.7 Å². The lowest BCUT2D eigenvalue weighted by atomic mass is 10.2. The zero-order valence-electron chi connectivity index (χ0n) is 15.2. The van der Waals surface area contributed by atoms with Crippen LogP contribution in [0.4, 0.5) is 5.69 Å². The van der Waals surface area contributed by atoms with Crippen LogP contribution in [0.1, 0.15) is 23.7 Å². The van der Waals surface area contributed by atoms with Crippen molar-refractivity contribution >= 4 is 40.7 Å². The number of para-hydroxylation sites is 1. The molecule has 0 saturated heterocycles. The Morgan fingerprint density at radius 1 is 0.929 bits per heavy atom. The maximum Gasteiger partial charge on any atom is 0.269 e. The largest absolute Gasteiger partial charge is 0.484 e. The molecule has 0 aliphatic carbocycles. The molecule has 0 radical (unpaired) electrons. The van der Waals surface area contributed by atoms with Crippen LogP contribution in [0, 0.1) is 0 Å². The van der Waals surface area contributed by atoms with Crippen LogP contribution in [-0.4, -0.2) is 29.4 Å². The number of rotatable bonds is 6. The van der Waals surface area contributed by atoms with Gasteiger partial charge >= 0.3 is 0 Å². The van der Waals surface area contributed by atoms with E-state index >= 15 is 0 Å². The van der Waals surface area contributed by atoms with Crippen LogP contribution in [0.2, 0.25) is 0 Å². The number of benzene rings is 2. The quantitative estimate of drug-likeness (QED) is 0.435. The van der Waals surface area contributed by atoms with E-state index in [0.717, 1.165) is 0 Å². The lowest BCUT2D eigenvalue weighted by Crippen LogP contribution is -2.49. The molecular formula is C19H20N4O4S. The Labute approximate surface area is 167 Å². The number of carbonyl (C=O) groups is 3. The van der Waals surface area contributed by atoms with Crippen molar-refractivity contribution in [3.8, 4) is 5.75 Å². The normalized spacial score (nSPS) is 9.75. The highest BCUT2D eigenvalue weighted by Crippen LogP contribution is 2.10. The average molecular weight is 400 g/mol. The fourth-order valence-electron chi connectivity index (χ4n) is 2.00. The minimum absolute atomic E-state index is 0.0677. The molecule has 2 aromatic rings. The van der Waals surface area contributed by atoms with Crippen molar-refractivity contribution in [3.05, 3.63) is 60.2 Å². The predicted octanol–water partition coefficient (Wildman–Crippen LogP) is 1.75. The molecule has 0 saturated carbocycles. The maximum atomic E-state index is 12.1. The number of hydrogen-bond acceptors (Lipinski definition) is 5. The van der Waals surface area contributed by atoms with Crippen molar-refractivity contribution < 1.29 is 19.1 Å². The summed E-state index contributed by atoms with van der Waals surface area (Å²) in [6.07, 6.45) is 0.367. The highest BCUT2D eigenvalue weighted by atomic mass is 32.1. The first-order chi connectivity index (χ1) is 13.5. The molecule has 4 N–H and O–H groups in total. The van der Waals surface area contributed by atoms with Crippen molar-refractivity contribution in [1.82, 2.24) is 16.2 Å². The molecule has 0 heterocycles. The zero-order valence-corrected chi connectivity index (χ0v) is 16.0. The van der Waals surface area contributed by atoms with Gasteiger partial charge in [-0.3, -0.25) is 30.6 Å². The second-order valence-corrected chi connectivity index (χ2v) is 5.95. The van der Waals surface area contributed by atoms with E-state index in [4.69, 9.17) is 17.0 Å². The number of anilines is 1. The van der Waals surface area contributed by atoms with Crippen molar-refractivity contribution in [3.63, 3.8) is 0 Å². The number of thiocarbonyl (C=S) groups is 1. The molecule has 9 heteroatoms. The highest BCUT2D eigenvalue weighted by molar-refractivity contribution is 7.80. The van der Waals surface area contributed by atoms with Crippen LogP contribution >= 0.6 is 12.2 Å². The molecule has 0 aliphatic rings. The Hall–Kier alpha value is -3.46. The standard InChI is InChI=1S/C19H20N4O4S/c1-2-16(24)20-14-10-8-13(9-11-14)18(26)22-23-19(28)21-17(25)12-27-15-6-4-3-5-7-15/h3-11H,2,12H2,1H3,(H,20,24)(H,22,26)(H2,21,23,25,28). The van der Waals surface area contributed by atoms with Gasteiger partial charge in [0.05, 0.1) is 0 Å². The number of hydrazine groups is 1. The van der Waals surface area contributed by atoms with E-state index in [2.05, 4.69) is 21.5 Å². The van der Waals surface area contributed by atoms with E-state index in [1.165, 1.54) is 0 Å². The van der Waals surface area contributed by atoms with E-state index in [1.807, 2.05) is 6.07 Å². The van der Waals surface area contributed by atoms with Crippen molar-refractivity contribution in [1.29, 1.82) is 0 Å². The molecule has 0 aromatic heterocycles. The molecule has 0 fully saturated rings. The summed E-state index contributed by atoms with van der Waals surface area (Å²) in [5.41, 5.74) is 5.76. The molecule has 0 bridgehead atoms. The SMILES string of the molecule is CCC(=O)Nc1ccc(C(=O)NNC(=S)NC(=O)COc2ccccc2)cc1. The van der Waals surface area contributed by atoms with E-state index < -0.39 is 11.8 Å². The zero-order chi connectivity index (χ0) is 20.4. The van der Waals surface area contributed by atoms with Gasteiger partial charge in [0.25, 0.3) is 11.8 Å². The Morgan fingerprint density at radius 3 is 2.25 bits per heavy atom. The first-order valence-electron chi connectivity index (χ1n) is 8.46. The molecule has 8 nitrogen and oxygen atoms in total. The van der Waals surface area contributed by atoms with Crippen LogP contribution in [-0.2, 0) is 9.59 Å². The molecule has 0 atom stereocenters. The molecule has 0 unspecified atom stereocenters. The van der Waals surface area contributed by atoms with E-state index in [9.17, 15) is 14.4 Å². The summed E-state index contributed by atoms with van der Waals surface area (Å²) in [5.74, 6) is -0.475. The van der Waals surface area contributed by atoms with Crippen molar-refractivity contribution in [2.75, 3.05) is 11.9 Å². The van der Waals surface area contributed by atoms with Crippen LogP contribution in [0.15, 0.2) is 54.6 Å². The minimum atomic E-state index is -0.466. The summed E-state index contributed by atoms with van der Waals surface area (Å²) in [6, 6.07) is 15.2. The first kappa shape index (κ1) is 20.8. The maximum absolute atomic E-state index is 12.1. The molecule has 3 amide bonds. The summed E-state index contributed by atoms with van der Waals surface area (Å²) in [5, 5.41) is 5.01. The molecule has 2 aromatic carbocycles. The van der Waals surface area contributed by atoms with Gasteiger partial charge in [-0.25, -0.2) is 0 Å². The summed E-state index contributed by atoms with van der Waals surface area (Å²) in [4.78, 5) is 35.2. The van der Waals surface area contributed by atoms with Gasteiger partial charge in [0, 0.05) is 17.7 Å². The van der Waals surface area contributed by atoms with Crippen molar-refractivity contribution in [2.45, 2.75) is 13.3 Å². The number of amides is 3. The monoisotopic (exact) mass is 400 g/mol. The summed E-state index contributed by atoms with van der Waals surface area (Å²) in [6.45, 7) is 1.53. The third kappa shape index (κ3) is 7.04. The number of nitrogens with one attached hydrogen (secondary N) is 4. The van der Waals surface area contributed by atoms with Gasteiger partial charge in [-0.15, -0.1) is 0 Å². The Morgan fingerprint density at radius 2 is 1.61 bits per heavy atom. The predicted molar refractivity (Wildman–Crippen MR) is 109 cm³/mol. The van der Waals surface area contributed by atoms with Gasteiger partial charge in [-0.05, 0) is 48.6 Å². The van der Waals surface area contributed by atoms with Gasteiger partial charge in [0.1, 0.15) is 5.75 Å². The fraction of sp³-hybridized carbons (Fsp3) is 0.158. The number of carbonyl (C=O) groups excluding carboxylic acids is 3. The molecule has 2 rings (SSSR count). The Balaban J connectivity index is 1.73. The highest BCUT2D eigenvalue weighted by Gasteiger charge is 2.09. The first-order valence-corrected chi connectivity index (χ1v) is 8.86. The summed E-state index contributed by atoms with van der Waals surface area (Å²) >= 11 is 4.95. The smallest absolute Gasteiger partial charge is 0.269 e. The third-order valence-electron chi connectivity index (χ3n) is 3.41. The Kier molecular flexibility index (Phi) is 7.92. The van der Waals surface area contributed by atoms with Crippen LogP contribution in [0.3, 0.4) is 0 Å². The Bertz CT molecular complexity index is 841. The van der Waals surface area contributed by atoms with Crippen LogP contribution < -0.4 is 26.2 Å². The summed E-state index contributed by atoms with van der Waals surface area (Å²) in [7, 11) is 0. The van der Waals surface area contributed by atoms with Crippen molar-refractivity contribution in [2.24, 2.45) is 0 Å². The molecular weight excluding hydrogens is 380 g/mol. The third-order valence-corrected chi connectivity index (χ3v) is 3.61. The van der Waals surface area contributed by atoms with Gasteiger partial charge in [-0.1, -0.05) is 25.1 Å². The fourth-order valence-corrected chi connectivity index (χ4v) is 2.16. The number of hydrogen-bond donors (Lipinski definition) is 4. The molecule has 0 spiro atoms. The van der Waals surface area contributed by atoms with Crippen LogP contribution in [0.5, 0.6) is 5.75 Å². The molecule has 146 valence electrons. The second kappa shape index (κ2) is 10.6. The van der Waals surface area contributed by atoms with Gasteiger partial charge in [-0.2, -0.15) is 0 Å². The van der Waals surface area contributed by atoms with Crippen LogP contribution in [0.25, 0.3) is 0 Å². The van der Waals surface area contributed by atoms with E-state index in [0.29, 0.717) is 23.4 Å². The average Bonchev–Trinajstić information content (AvgIpc) is 2.71. The van der Waals surface area contributed by atoms with E-state index in [1.54, 1.807) is 55.5 Å². The molecule has 0 aliphatic heterocycles. The topological polar surface area (TPSA) is 109 Å². The second-order valence-electron chi connectivity index (χ2n) is 5.54. The van der Waals surface area contributed by atoms with E-state index in [-0.39, 0.29) is 17.6 Å². The molecule has 28 heavy (non-hydrogen) atoms. The number of ether oxygens (including phenoxy) is 1. The van der Waals surface area contributed by atoms with Gasteiger partial charge < -0.3 is 10.1 Å². The summed E-state index contributed by atoms with van der Waals surface area (Å²) < 4.78 is 5.29. The van der Waals surface area contributed by atoms with Gasteiger partial charge in [0.2, 0.25) is 5.91 Å². The minimum Gasteiger partial charge on any atom is -0.484 e.